The summed E-state index contributed by atoms with van der Waals surface area (Å²) in [5, 5.41) is 6.42. The molecular weight excluding hydrogens is 368 g/mol. The van der Waals surface area contributed by atoms with E-state index in [0.29, 0.717) is 30.3 Å². The van der Waals surface area contributed by atoms with E-state index in [1.54, 1.807) is 0 Å². The third-order valence-corrected chi connectivity index (χ3v) is 7.23. The van der Waals surface area contributed by atoms with Gasteiger partial charge in [0, 0.05) is 42.9 Å². The van der Waals surface area contributed by atoms with E-state index in [9.17, 15) is 4.79 Å². The average Bonchev–Trinajstić information content (AvgIpc) is 3.34. The van der Waals surface area contributed by atoms with Crippen molar-refractivity contribution in [2.75, 3.05) is 26.2 Å². The number of carbonyl (C=O) groups excluding carboxylic acids is 1. The quantitative estimate of drug-likeness (QED) is 0.788. The summed E-state index contributed by atoms with van der Waals surface area (Å²) in [4.78, 5) is 17.5. The highest BCUT2D eigenvalue weighted by atomic mass is 32.1. The fourth-order valence-corrected chi connectivity index (χ4v) is 5.29. The summed E-state index contributed by atoms with van der Waals surface area (Å²) in [7, 11) is 0. The highest BCUT2D eigenvalue weighted by Gasteiger charge is 2.38. The summed E-state index contributed by atoms with van der Waals surface area (Å²) in [5.74, 6) is 1.52. The Kier molecular flexibility index (Phi) is 5.78. The van der Waals surface area contributed by atoms with E-state index in [0.717, 1.165) is 31.7 Å². The second-order valence-corrected chi connectivity index (χ2v) is 9.20. The Balaban J connectivity index is 1.50. The summed E-state index contributed by atoms with van der Waals surface area (Å²) in [6.45, 7) is 9.75. The lowest BCUT2D eigenvalue weighted by molar-refractivity contribution is -0.136. The topological polar surface area (TPSA) is 49.3 Å². The van der Waals surface area contributed by atoms with Crippen LogP contribution in [0.5, 0.6) is 0 Å². The second-order valence-electron chi connectivity index (χ2n) is 8.59. The monoisotopic (exact) mass is 398 g/mol. The van der Waals surface area contributed by atoms with E-state index in [1.165, 1.54) is 29.1 Å². The molecule has 1 amide bonds. The summed E-state index contributed by atoms with van der Waals surface area (Å²) in [5.41, 5.74) is 3.66. The van der Waals surface area contributed by atoms with Crippen LogP contribution in [0.3, 0.4) is 0 Å². The zero-order chi connectivity index (χ0) is 19.7. The highest BCUT2D eigenvalue weighted by Crippen LogP contribution is 2.39. The smallest absolute Gasteiger partial charge is 0.236 e. The number of amides is 1. The van der Waals surface area contributed by atoms with Crippen molar-refractivity contribution < 1.29 is 4.79 Å². The normalized spacial score (nSPS) is 28.6. The molecule has 0 saturated carbocycles. The van der Waals surface area contributed by atoms with Crippen molar-refractivity contribution in [3.8, 4) is 0 Å². The standard InChI is InChI=1S/C22H30N4OS/c1-15-6-8-18(9-7-15)19-11-25(12-20(19)21-14-28-24-23-21)13-22(27)26-10-4-5-16(2)17(26)3/h6-9,14,16-17,19-20H,4-5,10-13H2,1-3H3/t16-,17+,19-,20+/m0/s1. The van der Waals surface area contributed by atoms with Crippen LogP contribution in [-0.4, -0.2) is 57.5 Å². The van der Waals surface area contributed by atoms with E-state index in [4.69, 9.17) is 0 Å². The Hall–Kier alpha value is -1.79. The number of piperidine rings is 1. The van der Waals surface area contributed by atoms with Crippen molar-refractivity contribution in [1.82, 2.24) is 19.4 Å². The maximum atomic E-state index is 13.0. The molecule has 2 saturated heterocycles. The zero-order valence-electron chi connectivity index (χ0n) is 17.0. The molecule has 2 aliphatic rings. The predicted octanol–water partition coefficient (Wildman–Crippen LogP) is 3.68. The third-order valence-electron chi connectivity index (χ3n) is 6.71. The molecule has 0 radical (unpaired) electrons. The van der Waals surface area contributed by atoms with Crippen molar-refractivity contribution in [2.45, 2.75) is 51.5 Å². The Labute approximate surface area is 171 Å². The number of likely N-dealkylation sites (tertiary alicyclic amines) is 2. The summed E-state index contributed by atoms with van der Waals surface area (Å²) in [6.07, 6.45) is 2.35. The zero-order valence-corrected chi connectivity index (χ0v) is 17.9. The van der Waals surface area contributed by atoms with E-state index >= 15 is 0 Å². The lowest BCUT2D eigenvalue weighted by atomic mass is 9.87. The Bertz CT molecular complexity index is 791. The van der Waals surface area contributed by atoms with Crippen molar-refractivity contribution in [2.24, 2.45) is 5.92 Å². The summed E-state index contributed by atoms with van der Waals surface area (Å²) < 4.78 is 4.08. The molecule has 0 bridgehead atoms. The number of hydrogen-bond donors (Lipinski definition) is 0. The van der Waals surface area contributed by atoms with Crippen LogP contribution in [0, 0.1) is 12.8 Å². The summed E-state index contributed by atoms with van der Waals surface area (Å²) >= 11 is 1.41. The maximum absolute atomic E-state index is 13.0. The van der Waals surface area contributed by atoms with Crippen LogP contribution in [0.1, 0.15) is 55.3 Å². The summed E-state index contributed by atoms with van der Waals surface area (Å²) in [6, 6.07) is 9.15. The molecule has 2 aromatic rings. The number of hydrogen-bond acceptors (Lipinski definition) is 5. The third kappa shape index (κ3) is 3.98. The molecule has 3 heterocycles. The lowest BCUT2D eigenvalue weighted by Gasteiger charge is -2.38. The fourth-order valence-electron chi connectivity index (χ4n) is 4.77. The van der Waals surface area contributed by atoms with Crippen LogP contribution in [0.15, 0.2) is 29.6 Å². The maximum Gasteiger partial charge on any atom is 0.236 e. The van der Waals surface area contributed by atoms with Crippen LogP contribution in [0.4, 0.5) is 0 Å². The van der Waals surface area contributed by atoms with E-state index in [1.807, 2.05) is 0 Å². The molecule has 6 heteroatoms. The number of aromatic nitrogens is 2. The minimum atomic E-state index is 0.277. The molecule has 0 N–H and O–H groups in total. The van der Waals surface area contributed by atoms with E-state index in [2.05, 4.69) is 69.8 Å². The molecule has 2 aliphatic heterocycles. The predicted molar refractivity (Wildman–Crippen MR) is 113 cm³/mol. The fraction of sp³-hybridized carbons (Fsp3) is 0.591. The van der Waals surface area contributed by atoms with Crippen LogP contribution >= 0.6 is 11.5 Å². The van der Waals surface area contributed by atoms with Gasteiger partial charge in [0.05, 0.1) is 12.2 Å². The van der Waals surface area contributed by atoms with Gasteiger partial charge in [-0.2, -0.15) is 0 Å². The van der Waals surface area contributed by atoms with Crippen LogP contribution in [0.2, 0.25) is 0 Å². The number of benzene rings is 1. The van der Waals surface area contributed by atoms with Crippen molar-refractivity contribution in [3.05, 3.63) is 46.5 Å². The van der Waals surface area contributed by atoms with Gasteiger partial charge in [-0.3, -0.25) is 9.69 Å². The Morgan fingerprint density at radius 2 is 1.93 bits per heavy atom. The molecule has 0 spiro atoms. The molecule has 1 aromatic carbocycles. The van der Waals surface area contributed by atoms with Gasteiger partial charge in [-0.25, -0.2) is 0 Å². The highest BCUT2D eigenvalue weighted by molar-refractivity contribution is 7.03. The van der Waals surface area contributed by atoms with Crippen LogP contribution < -0.4 is 0 Å². The molecule has 4 atom stereocenters. The van der Waals surface area contributed by atoms with Gasteiger partial charge in [0.2, 0.25) is 5.91 Å². The lowest BCUT2D eigenvalue weighted by Crippen LogP contribution is -2.49. The molecular formula is C22H30N4OS. The first-order valence-electron chi connectivity index (χ1n) is 10.4. The number of rotatable bonds is 4. The Morgan fingerprint density at radius 1 is 1.18 bits per heavy atom. The van der Waals surface area contributed by atoms with Crippen molar-refractivity contribution in [1.29, 1.82) is 0 Å². The average molecular weight is 399 g/mol. The van der Waals surface area contributed by atoms with Gasteiger partial charge in [0.15, 0.2) is 0 Å². The van der Waals surface area contributed by atoms with E-state index < -0.39 is 0 Å². The second kappa shape index (κ2) is 8.29. The van der Waals surface area contributed by atoms with Gasteiger partial charge in [0.25, 0.3) is 0 Å². The van der Waals surface area contributed by atoms with E-state index in [-0.39, 0.29) is 5.91 Å². The first kappa shape index (κ1) is 19.5. The number of carbonyl (C=O) groups is 1. The van der Waals surface area contributed by atoms with Gasteiger partial charge in [-0.15, -0.1) is 5.10 Å². The van der Waals surface area contributed by atoms with Gasteiger partial charge >= 0.3 is 0 Å². The number of aryl methyl sites for hydroxylation is 1. The largest absolute Gasteiger partial charge is 0.339 e. The first-order chi connectivity index (χ1) is 13.5. The molecule has 0 unspecified atom stereocenters. The molecule has 0 aliphatic carbocycles. The molecule has 5 nitrogen and oxygen atoms in total. The minimum Gasteiger partial charge on any atom is -0.339 e. The van der Waals surface area contributed by atoms with Gasteiger partial charge in [-0.1, -0.05) is 41.2 Å². The SMILES string of the molecule is Cc1ccc([C@@H]2CN(CC(=O)N3CCC[C@H](C)[C@H]3C)C[C@H]2c2csnn2)cc1. The van der Waals surface area contributed by atoms with Gasteiger partial charge in [-0.05, 0) is 49.7 Å². The Morgan fingerprint density at radius 3 is 2.64 bits per heavy atom. The van der Waals surface area contributed by atoms with Crippen LogP contribution in [-0.2, 0) is 4.79 Å². The van der Waals surface area contributed by atoms with Gasteiger partial charge in [0.1, 0.15) is 0 Å². The number of nitrogens with zero attached hydrogens (tertiary/aromatic N) is 4. The molecule has 4 rings (SSSR count). The molecule has 2 fully saturated rings. The molecule has 150 valence electrons. The molecule has 1 aromatic heterocycles. The molecule has 28 heavy (non-hydrogen) atoms. The minimum absolute atomic E-state index is 0.277. The van der Waals surface area contributed by atoms with Crippen LogP contribution in [0.25, 0.3) is 0 Å². The first-order valence-corrected chi connectivity index (χ1v) is 11.2. The van der Waals surface area contributed by atoms with Gasteiger partial charge < -0.3 is 4.90 Å². The van der Waals surface area contributed by atoms with Crippen molar-refractivity contribution >= 4 is 17.4 Å². The van der Waals surface area contributed by atoms with Crippen molar-refractivity contribution in [3.63, 3.8) is 0 Å².